The Kier molecular flexibility index (Phi) is 8.25. The number of methoxy groups -OCH3 is 4. The van der Waals surface area contributed by atoms with Crippen LogP contribution in [0.1, 0.15) is 52.6 Å². The van der Waals surface area contributed by atoms with Gasteiger partial charge in [0.25, 0.3) is 23.6 Å². The van der Waals surface area contributed by atoms with Gasteiger partial charge in [-0.1, -0.05) is 44.0 Å². The molecule has 0 bridgehead atoms. The lowest BCUT2D eigenvalue weighted by Gasteiger charge is -2.31. The molecule has 56 heavy (non-hydrogen) atoms. The second-order valence-corrected chi connectivity index (χ2v) is 15.0. The lowest BCUT2D eigenvalue weighted by Crippen LogP contribution is -2.40. The smallest absolute Gasteiger partial charge is 0.266 e. The predicted molar refractivity (Wildman–Crippen MR) is 216 cm³/mol. The van der Waals surface area contributed by atoms with Gasteiger partial charge >= 0.3 is 0 Å². The summed E-state index contributed by atoms with van der Waals surface area (Å²) in [6.45, 7) is -0.846. The Balaban J connectivity index is 1.28. The van der Waals surface area contributed by atoms with Crippen LogP contribution in [0.15, 0.2) is 69.6 Å². The van der Waals surface area contributed by atoms with Gasteiger partial charge in [0.15, 0.2) is 23.0 Å². The van der Waals surface area contributed by atoms with Crippen LogP contribution in [0.2, 0.25) is 0 Å². The monoisotopic (exact) mass is 878 g/mol. The van der Waals surface area contributed by atoms with Crippen LogP contribution in [0.5, 0.6) is 23.0 Å². The van der Waals surface area contributed by atoms with Crippen molar-refractivity contribution >= 4 is 110 Å². The Hall–Kier alpha value is -5.80. The number of carbonyl (C=O) groups is 4. The third-order valence-electron chi connectivity index (χ3n) is 10.7. The van der Waals surface area contributed by atoms with E-state index in [0.717, 1.165) is 9.80 Å². The van der Waals surface area contributed by atoms with Crippen LogP contribution >= 0.6 is 31.9 Å². The highest BCUT2D eigenvalue weighted by Crippen LogP contribution is 2.51. The molecule has 12 nitrogen and oxygen atoms in total. The molecule has 2 aliphatic rings. The molecule has 2 aliphatic heterocycles. The molecule has 9 rings (SSSR count). The summed E-state index contributed by atoms with van der Waals surface area (Å²) in [4.78, 5) is 59.8. The van der Waals surface area contributed by atoms with Gasteiger partial charge < -0.3 is 29.2 Å². The van der Waals surface area contributed by atoms with Crippen LogP contribution in [-0.2, 0) is 13.2 Å². The molecule has 0 unspecified atom stereocenters. The topological polar surface area (TPSA) is 152 Å². The number of amides is 4. The number of ether oxygens (including phenoxy) is 4. The maximum atomic E-state index is 14.5. The van der Waals surface area contributed by atoms with Crippen molar-refractivity contribution in [3.63, 3.8) is 0 Å². The highest BCUT2D eigenvalue weighted by Gasteiger charge is 2.40. The van der Waals surface area contributed by atoms with Crippen LogP contribution < -0.4 is 28.7 Å². The maximum absolute atomic E-state index is 14.5. The molecule has 0 saturated carbocycles. The SMILES string of the molecule is COc1cc(N2C(=O)c3ccc4c5c(Br)cc6c7c(ccc(c8c(Br)cc(c3c48)C2=O)c75)C(=O)N(c2cc(CO)c(OC)c(OC)c2)C6=O)cc(CO)c1OC. The van der Waals surface area contributed by atoms with Crippen LogP contribution in [0.3, 0.4) is 0 Å². The molecule has 2 heterocycles. The third kappa shape index (κ3) is 4.64. The Morgan fingerprint density at radius 1 is 0.482 bits per heavy atom. The van der Waals surface area contributed by atoms with Crippen LogP contribution in [0, 0.1) is 0 Å². The van der Waals surface area contributed by atoms with Gasteiger partial charge in [-0.3, -0.25) is 19.2 Å². The highest BCUT2D eigenvalue weighted by molar-refractivity contribution is 9.11. The number of fused-ring (bicyclic) bond motifs is 2. The number of aliphatic hydroxyl groups is 2. The molecule has 7 aromatic carbocycles. The largest absolute Gasteiger partial charge is 0.493 e. The van der Waals surface area contributed by atoms with Gasteiger partial charge in [-0.15, -0.1) is 0 Å². The van der Waals surface area contributed by atoms with Crippen molar-refractivity contribution in [2.75, 3.05) is 38.2 Å². The first-order valence-corrected chi connectivity index (χ1v) is 18.7. The van der Waals surface area contributed by atoms with E-state index in [1.165, 1.54) is 52.7 Å². The number of aliphatic hydroxyl groups excluding tert-OH is 2. The van der Waals surface area contributed by atoms with Crippen molar-refractivity contribution in [3.8, 4) is 23.0 Å². The fourth-order valence-corrected chi connectivity index (χ4v) is 9.67. The number of nitrogens with zero attached hydrogens (tertiary/aromatic N) is 2. The fourth-order valence-electron chi connectivity index (χ4n) is 8.38. The maximum Gasteiger partial charge on any atom is 0.266 e. The molecule has 2 N–H and O–H groups in total. The van der Waals surface area contributed by atoms with Crippen LogP contribution in [0.25, 0.3) is 43.1 Å². The van der Waals surface area contributed by atoms with Crippen molar-refractivity contribution < 1.29 is 48.3 Å². The Morgan fingerprint density at radius 3 is 1.20 bits per heavy atom. The minimum Gasteiger partial charge on any atom is -0.493 e. The number of hydrogen-bond acceptors (Lipinski definition) is 10. The van der Waals surface area contributed by atoms with E-state index in [4.69, 9.17) is 18.9 Å². The van der Waals surface area contributed by atoms with Crippen molar-refractivity contribution in [2.45, 2.75) is 13.2 Å². The van der Waals surface area contributed by atoms with E-state index in [1.54, 1.807) is 24.3 Å². The zero-order chi connectivity index (χ0) is 39.5. The summed E-state index contributed by atoms with van der Waals surface area (Å²) in [5.74, 6) is -1.22. The number of benzene rings is 7. The van der Waals surface area contributed by atoms with Crippen molar-refractivity contribution in [1.29, 1.82) is 0 Å². The molecule has 0 fully saturated rings. The lowest BCUT2D eigenvalue weighted by atomic mass is 9.82. The first-order valence-electron chi connectivity index (χ1n) is 17.1. The van der Waals surface area contributed by atoms with Crippen LogP contribution in [-0.4, -0.2) is 62.3 Å². The standard InChI is InChI=1S/C42H28Br2N2O10/c1-53-29-11-19(9-17(15-47)37(29)55-3)45-39(49)23-7-5-21-34-28(44)14-26-32-24(8-6-22(36(32)34)33-27(43)13-25(41(45)51)31(23)35(21)33)40(50)46(42(26)52)20-10-18(16-48)38(56-4)30(12-20)54-2/h5-14,47-48H,15-16H2,1-4H3. The molecule has 0 aromatic heterocycles. The summed E-state index contributed by atoms with van der Waals surface area (Å²) in [5, 5.41) is 25.3. The number of rotatable bonds is 8. The molecular weight excluding hydrogens is 852 g/mol. The van der Waals surface area contributed by atoms with E-state index in [2.05, 4.69) is 31.9 Å². The first kappa shape index (κ1) is 35.9. The molecule has 0 aliphatic carbocycles. The number of halogens is 2. The normalized spacial score (nSPS) is 13.9. The van der Waals surface area contributed by atoms with E-state index in [-0.39, 0.29) is 56.6 Å². The fraction of sp³-hybridized carbons (Fsp3) is 0.143. The molecular formula is C42H28Br2N2O10. The van der Waals surface area contributed by atoms with E-state index in [9.17, 15) is 29.4 Å². The molecule has 0 atom stereocenters. The number of carbonyl (C=O) groups excluding carboxylic acids is 4. The van der Waals surface area contributed by atoms with Gasteiger partial charge in [0.2, 0.25) is 0 Å². The van der Waals surface area contributed by atoms with E-state index >= 15 is 0 Å². The Labute approximate surface area is 334 Å². The average molecular weight is 880 g/mol. The Morgan fingerprint density at radius 2 is 0.857 bits per heavy atom. The third-order valence-corrected chi connectivity index (χ3v) is 11.9. The molecule has 14 heteroatoms. The second-order valence-electron chi connectivity index (χ2n) is 13.3. The number of hydrogen-bond donors (Lipinski definition) is 2. The van der Waals surface area contributed by atoms with E-state index < -0.39 is 36.8 Å². The first-order chi connectivity index (χ1) is 27.0. The van der Waals surface area contributed by atoms with Crippen molar-refractivity contribution in [3.05, 3.63) is 103 Å². The molecule has 4 amide bonds. The molecule has 7 aromatic rings. The van der Waals surface area contributed by atoms with Crippen molar-refractivity contribution in [1.82, 2.24) is 0 Å². The van der Waals surface area contributed by atoms with Crippen molar-refractivity contribution in [2.24, 2.45) is 0 Å². The summed E-state index contributed by atoms with van der Waals surface area (Å²) in [7, 11) is 5.72. The summed E-state index contributed by atoms with van der Waals surface area (Å²) in [6, 6.07) is 16.4. The van der Waals surface area contributed by atoms with Gasteiger partial charge in [-0.05, 0) is 47.2 Å². The minimum atomic E-state index is -0.575. The van der Waals surface area contributed by atoms with Gasteiger partial charge in [-0.25, -0.2) is 9.80 Å². The molecule has 0 saturated heterocycles. The summed E-state index contributed by atoms with van der Waals surface area (Å²) < 4.78 is 23.0. The quantitative estimate of drug-likeness (QED) is 0.0877. The van der Waals surface area contributed by atoms with Crippen LogP contribution in [0.4, 0.5) is 11.4 Å². The van der Waals surface area contributed by atoms with Gasteiger partial charge in [0.1, 0.15) is 0 Å². The number of anilines is 2. The minimum absolute atomic E-state index is 0.202. The lowest BCUT2D eigenvalue weighted by molar-refractivity contribution is 0.0877. The summed E-state index contributed by atoms with van der Waals surface area (Å²) in [5.41, 5.74) is 2.19. The van der Waals surface area contributed by atoms with Gasteiger partial charge in [0, 0.05) is 75.6 Å². The molecule has 0 radical (unpaired) electrons. The number of imide groups is 2. The van der Waals surface area contributed by atoms with E-state index in [1.807, 2.05) is 12.1 Å². The van der Waals surface area contributed by atoms with Gasteiger partial charge in [0.05, 0.1) is 64.2 Å². The predicted octanol–water partition coefficient (Wildman–Crippen LogP) is 7.88. The van der Waals surface area contributed by atoms with Gasteiger partial charge in [-0.2, -0.15) is 0 Å². The average Bonchev–Trinajstić information content (AvgIpc) is 3.21. The van der Waals surface area contributed by atoms with E-state index in [0.29, 0.717) is 63.2 Å². The Bertz CT molecular complexity index is 2710. The molecule has 0 spiro atoms. The molecule has 280 valence electrons. The summed E-state index contributed by atoms with van der Waals surface area (Å²) >= 11 is 7.51. The highest BCUT2D eigenvalue weighted by atomic mass is 79.9. The second kappa shape index (κ2) is 12.9. The summed E-state index contributed by atoms with van der Waals surface area (Å²) in [6.07, 6.45) is 0. The zero-order valence-electron chi connectivity index (χ0n) is 30.0. The zero-order valence-corrected chi connectivity index (χ0v) is 33.2.